The third-order valence-electron chi connectivity index (χ3n) is 3.59. The lowest BCUT2D eigenvalue weighted by Gasteiger charge is -2.25. The van der Waals surface area contributed by atoms with Crippen LogP contribution in [0.5, 0.6) is 0 Å². The molecule has 1 rings (SSSR count). The summed E-state index contributed by atoms with van der Waals surface area (Å²) >= 11 is 6.00. The molecule has 1 amide bonds. The number of alkyl halides is 1. The van der Waals surface area contributed by atoms with E-state index in [1.54, 1.807) is 0 Å². The second-order valence-corrected chi connectivity index (χ2v) is 5.66. The van der Waals surface area contributed by atoms with Crippen molar-refractivity contribution in [1.82, 2.24) is 5.32 Å². The molecule has 0 spiro atoms. The van der Waals surface area contributed by atoms with Crippen molar-refractivity contribution in [2.75, 3.05) is 6.54 Å². The van der Waals surface area contributed by atoms with Crippen LogP contribution in [-0.4, -0.2) is 17.8 Å². The lowest BCUT2D eigenvalue weighted by atomic mass is 9.82. The van der Waals surface area contributed by atoms with Gasteiger partial charge in [-0.3, -0.25) is 4.79 Å². The van der Waals surface area contributed by atoms with Crippen LogP contribution in [0.4, 0.5) is 0 Å². The molecule has 0 radical (unpaired) electrons. The first kappa shape index (κ1) is 13.8. The summed E-state index contributed by atoms with van der Waals surface area (Å²) in [6.07, 6.45) is 6.37. The minimum atomic E-state index is 0.201. The maximum Gasteiger partial charge on any atom is 0.223 e. The van der Waals surface area contributed by atoms with Crippen LogP contribution in [0.25, 0.3) is 0 Å². The molecule has 1 saturated carbocycles. The Bertz CT molecular complexity index is 212. The molecule has 0 aromatic carbocycles. The summed E-state index contributed by atoms with van der Waals surface area (Å²) < 4.78 is 0. The topological polar surface area (TPSA) is 29.1 Å². The molecule has 1 aliphatic carbocycles. The van der Waals surface area contributed by atoms with E-state index in [-0.39, 0.29) is 17.2 Å². The van der Waals surface area contributed by atoms with Crippen LogP contribution in [0.3, 0.4) is 0 Å². The predicted octanol–water partition coefficient (Wildman–Crippen LogP) is 3.34. The van der Waals surface area contributed by atoms with Gasteiger partial charge >= 0.3 is 0 Å². The summed E-state index contributed by atoms with van der Waals surface area (Å²) in [5, 5.41) is 3.21. The van der Waals surface area contributed by atoms with Gasteiger partial charge in [-0.2, -0.15) is 0 Å². The van der Waals surface area contributed by atoms with E-state index >= 15 is 0 Å². The normalized spacial score (nSPS) is 27.4. The van der Waals surface area contributed by atoms with Gasteiger partial charge in [0.25, 0.3) is 0 Å². The van der Waals surface area contributed by atoms with Crippen LogP contribution in [-0.2, 0) is 4.79 Å². The van der Waals surface area contributed by atoms with E-state index in [0.717, 1.165) is 38.1 Å². The highest BCUT2D eigenvalue weighted by atomic mass is 35.5. The minimum absolute atomic E-state index is 0.201. The Morgan fingerprint density at radius 2 is 2.00 bits per heavy atom. The highest BCUT2D eigenvalue weighted by molar-refractivity contribution is 6.20. The summed E-state index contributed by atoms with van der Waals surface area (Å²) in [7, 11) is 0. The largest absolute Gasteiger partial charge is 0.356 e. The van der Waals surface area contributed by atoms with Crippen LogP contribution in [0.2, 0.25) is 0 Å². The third-order valence-corrected chi connectivity index (χ3v) is 4.11. The van der Waals surface area contributed by atoms with Crippen LogP contribution in [0, 0.1) is 11.8 Å². The third kappa shape index (κ3) is 4.73. The van der Waals surface area contributed by atoms with Crippen molar-refractivity contribution in [2.24, 2.45) is 11.8 Å². The molecule has 94 valence electrons. The predicted molar refractivity (Wildman–Crippen MR) is 68.7 cm³/mol. The Hall–Kier alpha value is -0.240. The van der Waals surface area contributed by atoms with E-state index < -0.39 is 0 Å². The summed E-state index contributed by atoms with van der Waals surface area (Å²) in [5.74, 6) is 1.30. The summed E-state index contributed by atoms with van der Waals surface area (Å²) in [5.41, 5.74) is 0. The van der Waals surface area contributed by atoms with E-state index in [1.807, 2.05) is 0 Å². The Labute approximate surface area is 104 Å². The lowest BCUT2D eigenvalue weighted by molar-refractivity contribution is -0.126. The Morgan fingerprint density at radius 3 is 2.56 bits per heavy atom. The van der Waals surface area contributed by atoms with Crippen LogP contribution < -0.4 is 5.32 Å². The number of hydrogen-bond acceptors (Lipinski definition) is 1. The van der Waals surface area contributed by atoms with Crippen LogP contribution >= 0.6 is 11.6 Å². The first-order valence-electron chi connectivity index (χ1n) is 6.55. The maximum atomic E-state index is 11.8. The van der Waals surface area contributed by atoms with Gasteiger partial charge in [-0.25, -0.2) is 0 Å². The van der Waals surface area contributed by atoms with Crippen molar-refractivity contribution >= 4 is 17.5 Å². The molecular weight excluding hydrogens is 222 g/mol. The van der Waals surface area contributed by atoms with Crippen molar-refractivity contribution < 1.29 is 4.79 Å². The number of carbonyl (C=O) groups is 1. The van der Waals surface area contributed by atoms with Gasteiger partial charge in [-0.05, 0) is 44.4 Å². The molecule has 0 aliphatic heterocycles. The number of amides is 1. The SMILES string of the molecule is CCC(Cl)CCNC(=O)C1CCC(C)CC1. The molecule has 0 aromatic heterocycles. The van der Waals surface area contributed by atoms with Crippen LogP contribution in [0.15, 0.2) is 0 Å². The first-order valence-corrected chi connectivity index (χ1v) is 6.98. The second kappa shape index (κ2) is 7.16. The average Bonchev–Trinajstić information content (AvgIpc) is 2.29. The second-order valence-electron chi connectivity index (χ2n) is 5.04. The van der Waals surface area contributed by atoms with Crippen molar-refractivity contribution in [3.63, 3.8) is 0 Å². The van der Waals surface area contributed by atoms with Gasteiger partial charge in [-0.15, -0.1) is 11.6 Å². The molecule has 0 aromatic rings. The zero-order chi connectivity index (χ0) is 12.0. The molecule has 0 heterocycles. The smallest absolute Gasteiger partial charge is 0.223 e. The number of halogens is 1. The number of rotatable bonds is 5. The highest BCUT2D eigenvalue weighted by Crippen LogP contribution is 2.28. The van der Waals surface area contributed by atoms with Crippen LogP contribution in [0.1, 0.15) is 52.4 Å². The molecule has 1 aliphatic rings. The molecule has 1 atom stereocenters. The van der Waals surface area contributed by atoms with Gasteiger partial charge in [0.1, 0.15) is 0 Å². The fraction of sp³-hybridized carbons (Fsp3) is 0.923. The van der Waals surface area contributed by atoms with Gasteiger partial charge in [-0.1, -0.05) is 13.8 Å². The number of hydrogen-bond donors (Lipinski definition) is 1. The van der Waals surface area contributed by atoms with Gasteiger partial charge < -0.3 is 5.32 Å². The monoisotopic (exact) mass is 245 g/mol. The number of nitrogens with one attached hydrogen (secondary N) is 1. The van der Waals surface area contributed by atoms with Gasteiger partial charge in [0.2, 0.25) is 5.91 Å². The molecule has 1 fully saturated rings. The molecule has 0 saturated heterocycles. The van der Waals surface area contributed by atoms with Gasteiger partial charge in [0.05, 0.1) is 0 Å². The van der Waals surface area contributed by atoms with Crippen molar-refractivity contribution in [3.8, 4) is 0 Å². The Kier molecular flexibility index (Phi) is 6.18. The molecule has 2 nitrogen and oxygen atoms in total. The van der Waals surface area contributed by atoms with E-state index in [1.165, 1.54) is 12.8 Å². The molecule has 1 N–H and O–H groups in total. The lowest BCUT2D eigenvalue weighted by Crippen LogP contribution is -2.34. The minimum Gasteiger partial charge on any atom is -0.356 e. The van der Waals surface area contributed by atoms with E-state index in [2.05, 4.69) is 19.2 Å². The van der Waals surface area contributed by atoms with E-state index in [0.29, 0.717) is 0 Å². The zero-order valence-corrected chi connectivity index (χ0v) is 11.2. The maximum absolute atomic E-state index is 11.8. The quantitative estimate of drug-likeness (QED) is 0.740. The van der Waals surface area contributed by atoms with Gasteiger partial charge in [0, 0.05) is 17.8 Å². The molecule has 16 heavy (non-hydrogen) atoms. The van der Waals surface area contributed by atoms with E-state index in [9.17, 15) is 4.79 Å². The standard InChI is InChI=1S/C13H24ClNO/c1-3-12(14)8-9-15-13(16)11-6-4-10(2)5-7-11/h10-12H,3-9H2,1-2H3,(H,15,16). The van der Waals surface area contributed by atoms with Gasteiger partial charge in [0.15, 0.2) is 0 Å². The first-order chi connectivity index (χ1) is 7.63. The fourth-order valence-corrected chi connectivity index (χ4v) is 2.33. The Morgan fingerprint density at radius 1 is 1.38 bits per heavy atom. The highest BCUT2D eigenvalue weighted by Gasteiger charge is 2.23. The van der Waals surface area contributed by atoms with E-state index in [4.69, 9.17) is 11.6 Å². The van der Waals surface area contributed by atoms with Crippen molar-refractivity contribution in [1.29, 1.82) is 0 Å². The molecule has 3 heteroatoms. The van der Waals surface area contributed by atoms with Crippen molar-refractivity contribution in [3.05, 3.63) is 0 Å². The average molecular weight is 246 g/mol. The molecule has 0 bridgehead atoms. The molecule has 1 unspecified atom stereocenters. The number of carbonyl (C=O) groups excluding carboxylic acids is 1. The summed E-state index contributed by atoms with van der Waals surface area (Å²) in [6, 6.07) is 0. The summed E-state index contributed by atoms with van der Waals surface area (Å²) in [6.45, 7) is 5.07. The summed E-state index contributed by atoms with van der Waals surface area (Å²) in [4.78, 5) is 11.8. The van der Waals surface area contributed by atoms with Crippen molar-refractivity contribution in [2.45, 2.75) is 57.7 Å². The zero-order valence-electron chi connectivity index (χ0n) is 10.5. The Balaban J connectivity index is 2.15. The fourth-order valence-electron chi connectivity index (χ4n) is 2.22. The molecular formula is C13H24ClNO.